The highest BCUT2D eigenvalue weighted by atomic mass is 16.5. The van der Waals surface area contributed by atoms with E-state index in [-0.39, 0.29) is 18.4 Å². The predicted molar refractivity (Wildman–Crippen MR) is 93.0 cm³/mol. The number of hydrogen-bond acceptors (Lipinski definition) is 4. The van der Waals surface area contributed by atoms with E-state index in [9.17, 15) is 4.79 Å². The molecular weight excluding hydrogens is 290 g/mol. The van der Waals surface area contributed by atoms with Crippen LogP contribution in [0, 0.1) is 0 Å². The molecule has 1 atom stereocenters. The summed E-state index contributed by atoms with van der Waals surface area (Å²) in [6.07, 6.45) is 1.72. The van der Waals surface area contributed by atoms with Crippen LogP contribution in [0.3, 0.4) is 0 Å². The maximum atomic E-state index is 11.8. The number of anilines is 1. The molecule has 0 aliphatic carbocycles. The van der Waals surface area contributed by atoms with Gasteiger partial charge in [-0.3, -0.25) is 4.79 Å². The van der Waals surface area contributed by atoms with E-state index in [0.29, 0.717) is 0 Å². The molecule has 0 bridgehead atoms. The summed E-state index contributed by atoms with van der Waals surface area (Å²) in [6.45, 7) is 2.17. The van der Waals surface area contributed by atoms with Gasteiger partial charge in [-0.05, 0) is 17.7 Å². The molecular formula is C18H21N3O2. The van der Waals surface area contributed by atoms with Crippen molar-refractivity contribution < 1.29 is 9.53 Å². The molecule has 0 fully saturated rings. The van der Waals surface area contributed by atoms with Crippen LogP contribution in [0.2, 0.25) is 0 Å². The summed E-state index contributed by atoms with van der Waals surface area (Å²) in [4.78, 5) is 11.8. The van der Waals surface area contributed by atoms with Gasteiger partial charge in [0.2, 0.25) is 0 Å². The fourth-order valence-corrected chi connectivity index (χ4v) is 2.02. The van der Waals surface area contributed by atoms with E-state index in [0.717, 1.165) is 17.0 Å². The third-order valence-electron chi connectivity index (χ3n) is 3.34. The van der Waals surface area contributed by atoms with Crippen molar-refractivity contribution in [2.75, 3.05) is 19.0 Å². The third-order valence-corrected chi connectivity index (χ3v) is 3.34. The molecule has 0 radical (unpaired) electrons. The highest BCUT2D eigenvalue weighted by molar-refractivity contribution is 5.81. The largest absolute Gasteiger partial charge is 0.497 e. The van der Waals surface area contributed by atoms with Gasteiger partial charge in [0.1, 0.15) is 5.75 Å². The number of hydrazone groups is 1. The van der Waals surface area contributed by atoms with Gasteiger partial charge < -0.3 is 10.1 Å². The quantitative estimate of drug-likeness (QED) is 0.610. The molecule has 1 amide bonds. The Morgan fingerprint density at radius 2 is 2.00 bits per heavy atom. The van der Waals surface area contributed by atoms with Crippen molar-refractivity contribution in [3.63, 3.8) is 0 Å². The van der Waals surface area contributed by atoms with Crippen molar-refractivity contribution >= 4 is 17.8 Å². The molecule has 0 saturated heterocycles. The van der Waals surface area contributed by atoms with Crippen LogP contribution in [0.15, 0.2) is 59.7 Å². The van der Waals surface area contributed by atoms with E-state index >= 15 is 0 Å². The normalized spacial score (nSPS) is 11.9. The molecule has 0 unspecified atom stereocenters. The van der Waals surface area contributed by atoms with E-state index in [1.54, 1.807) is 13.3 Å². The second kappa shape index (κ2) is 8.58. The summed E-state index contributed by atoms with van der Waals surface area (Å²) in [6, 6.07) is 17.4. The Kier molecular flexibility index (Phi) is 6.17. The molecule has 0 spiro atoms. The lowest BCUT2D eigenvalue weighted by Crippen LogP contribution is -2.26. The number of carbonyl (C=O) groups is 1. The monoisotopic (exact) mass is 311 g/mol. The number of methoxy groups -OCH3 is 1. The molecule has 2 aromatic carbocycles. The predicted octanol–water partition coefficient (Wildman–Crippen LogP) is 3.01. The van der Waals surface area contributed by atoms with Gasteiger partial charge in [-0.1, -0.05) is 43.3 Å². The Labute approximate surface area is 136 Å². The van der Waals surface area contributed by atoms with Gasteiger partial charge in [0.15, 0.2) is 0 Å². The van der Waals surface area contributed by atoms with E-state index in [1.807, 2.05) is 61.5 Å². The van der Waals surface area contributed by atoms with Gasteiger partial charge in [-0.2, -0.15) is 5.10 Å². The zero-order chi connectivity index (χ0) is 16.5. The number of amides is 1. The summed E-state index contributed by atoms with van der Waals surface area (Å²) in [5, 5.41) is 7.03. The lowest BCUT2D eigenvalue weighted by molar-refractivity contribution is -0.119. The van der Waals surface area contributed by atoms with Crippen molar-refractivity contribution in [1.29, 1.82) is 0 Å². The second-order valence-corrected chi connectivity index (χ2v) is 5.10. The number of ether oxygens (including phenoxy) is 1. The minimum absolute atomic E-state index is 0.142. The molecule has 0 aliphatic rings. The Balaban J connectivity index is 1.77. The fourth-order valence-electron chi connectivity index (χ4n) is 2.02. The molecule has 2 rings (SSSR count). The molecule has 120 valence electrons. The van der Waals surface area contributed by atoms with Crippen molar-refractivity contribution in [2.24, 2.45) is 5.10 Å². The van der Waals surface area contributed by atoms with Gasteiger partial charge in [-0.25, -0.2) is 5.43 Å². The van der Waals surface area contributed by atoms with E-state index in [2.05, 4.69) is 15.8 Å². The number of hydrogen-bond donors (Lipinski definition) is 2. The lowest BCUT2D eigenvalue weighted by Gasteiger charge is -2.08. The zero-order valence-corrected chi connectivity index (χ0v) is 13.3. The van der Waals surface area contributed by atoms with Crippen molar-refractivity contribution in [1.82, 2.24) is 5.43 Å². The second-order valence-electron chi connectivity index (χ2n) is 5.10. The standard InChI is InChI=1S/C18H21N3O2/c1-14(15-7-4-3-5-8-15)12-20-21-18(22)13-19-16-9-6-10-17(11-16)23-2/h3-12,14,19H,13H2,1-2H3,(H,21,22)/b20-12-/t14-/m1/s1. The Morgan fingerprint density at radius 3 is 2.74 bits per heavy atom. The van der Waals surface area contributed by atoms with Crippen LogP contribution in [0.1, 0.15) is 18.4 Å². The van der Waals surface area contributed by atoms with Crippen molar-refractivity contribution in [3.05, 3.63) is 60.2 Å². The van der Waals surface area contributed by atoms with Crippen LogP contribution in [0.4, 0.5) is 5.69 Å². The lowest BCUT2D eigenvalue weighted by atomic mass is 10.0. The Hall–Kier alpha value is -2.82. The first-order valence-corrected chi connectivity index (χ1v) is 7.44. The van der Waals surface area contributed by atoms with Gasteiger partial charge in [0, 0.05) is 23.9 Å². The third kappa shape index (κ3) is 5.47. The van der Waals surface area contributed by atoms with Crippen LogP contribution in [-0.2, 0) is 4.79 Å². The minimum atomic E-state index is -0.204. The first-order chi connectivity index (χ1) is 11.2. The van der Waals surface area contributed by atoms with Crippen LogP contribution in [0.25, 0.3) is 0 Å². The number of rotatable bonds is 7. The average Bonchev–Trinajstić information content (AvgIpc) is 2.61. The van der Waals surface area contributed by atoms with E-state index in [4.69, 9.17) is 4.74 Å². The van der Waals surface area contributed by atoms with Crippen molar-refractivity contribution in [3.8, 4) is 5.75 Å². The van der Waals surface area contributed by atoms with Crippen LogP contribution < -0.4 is 15.5 Å². The van der Waals surface area contributed by atoms with Crippen LogP contribution in [-0.4, -0.2) is 25.8 Å². The van der Waals surface area contributed by atoms with Gasteiger partial charge >= 0.3 is 0 Å². The molecule has 2 aromatic rings. The maximum absolute atomic E-state index is 11.8. The molecule has 0 saturated carbocycles. The fraction of sp³-hybridized carbons (Fsp3) is 0.222. The van der Waals surface area contributed by atoms with Crippen LogP contribution >= 0.6 is 0 Å². The summed E-state index contributed by atoms with van der Waals surface area (Å²) in [7, 11) is 1.61. The minimum Gasteiger partial charge on any atom is -0.497 e. The highest BCUT2D eigenvalue weighted by Crippen LogP contribution is 2.16. The SMILES string of the molecule is COc1cccc(NCC(=O)N/N=C\[C@@H](C)c2ccccc2)c1. The number of nitrogens with zero attached hydrogens (tertiary/aromatic N) is 1. The average molecular weight is 311 g/mol. The Bertz CT molecular complexity index is 656. The molecule has 5 nitrogen and oxygen atoms in total. The number of nitrogens with one attached hydrogen (secondary N) is 2. The number of carbonyl (C=O) groups excluding carboxylic acids is 1. The van der Waals surface area contributed by atoms with Crippen LogP contribution in [0.5, 0.6) is 5.75 Å². The zero-order valence-electron chi connectivity index (χ0n) is 13.3. The van der Waals surface area contributed by atoms with Gasteiger partial charge in [-0.15, -0.1) is 0 Å². The summed E-state index contributed by atoms with van der Waals surface area (Å²) >= 11 is 0. The first kappa shape index (κ1) is 16.5. The molecule has 0 aromatic heterocycles. The highest BCUT2D eigenvalue weighted by Gasteiger charge is 2.03. The molecule has 23 heavy (non-hydrogen) atoms. The summed E-state index contributed by atoms with van der Waals surface area (Å²) < 4.78 is 5.13. The summed E-state index contributed by atoms with van der Waals surface area (Å²) in [5.74, 6) is 0.678. The first-order valence-electron chi connectivity index (χ1n) is 7.44. The molecule has 0 aliphatic heterocycles. The topological polar surface area (TPSA) is 62.7 Å². The van der Waals surface area contributed by atoms with Gasteiger partial charge in [0.05, 0.1) is 13.7 Å². The molecule has 2 N–H and O–H groups in total. The maximum Gasteiger partial charge on any atom is 0.259 e. The van der Waals surface area contributed by atoms with E-state index < -0.39 is 0 Å². The smallest absolute Gasteiger partial charge is 0.259 e. The summed E-state index contributed by atoms with van der Waals surface area (Å²) in [5.41, 5.74) is 4.49. The van der Waals surface area contributed by atoms with Gasteiger partial charge in [0.25, 0.3) is 5.91 Å². The van der Waals surface area contributed by atoms with Crippen molar-refractivity contribution in [2.45, 2.75) is 12.8 Å². The molecule has 5 heteroatoms. The van der Waals surface area contributed by atoms with E-state index in [1.165, 1.54) is 0 Å². The molecule has 0 heterocycles. The Morgan fingerprint density at radius 1 is 1.22 bits per heavy atom. The number of benzene rings is 2.